The van der Waals surface area contributed by atoms with Crippen molar-refractivity contribution in [2.45, 2.75) is 26.2 Å². The standard InChI is InChI=1S/C22H18Cl2N2O3/c1-3-12(2)21-15(22-16-10-18(27)17(24)11-19(16)29-26-22)8-9-20(25-21)28-14-6-4-13(23)5-7-14/h4-12,27H,3H2,1-2H3. The van der Waals surface area contributed by atoms with Crippen LogP contribution in [-0.4, -0.2) is 15.2 Å². The molecule has 148 valence electrons. The van der Waals surface area contributed by atoms with Gasteiger partial charge in [-0.3, -0.25) is 0 Å². The number of rotatable bonds is 5. The van der Waals surface area contributed by atoms with Gasteiger partial charge in [-0.1, -0.05) is 42.2 Å². The fourth-order valence-electron chi connectivity index (χ4n) is 3.05. The molecule has 4 aromatic rings. The Morgan fingerprint density at radius 1 is 1.10 bits per heavy atom. The number of hydrogen-bond acceptors (Lipinski definition) is 5. The summed E-state index contributed by atoms with van der Waals surface area (Å²) in [5, 5.41) is 15.7. The smallest absolute Gasteiger partial charge is 0.219 e. The van der Waals surface area contributed by atoms with E-state index in [1.807, 2.05) is 6.07 Å². The molecule has 0 bridgehead atoms. The van der Waals surface area contributed by atoms with E-state index in [4.69, 9.17) is 37.4 Å². The number of hydrogen-bond donors (Lipinski definition) is 1. The summed E-state index contributed by atoms with van der Waals surface area (Å²) in [4.78, 5) is 4.74. The maximum Gasteiger partial charge on any atom is 0.219 e. The molecule has 0 saturated heterocycles. The van der Waals surface area contributed by atoms with Crippen molar-refractivity contribution in [2.24, 2.45) is 0 Å². The number of ether oxygens (including phenoxy) is 1. The van der Waals surface area contributed by atoms with Crippen molar-refractivity contribution < 1.29 is 14.4 Å². The van der Waals surface area contributed by atoms with E-state index in [0.717, 1.165) is 17.7 Å². The van der Waals surface area contributed by atoms with Gasteiger partial charge in [-0.25, -0.2) is 4.98 Å². The van der Waals surface area contributed by atoms with E-state index in [1.165, 1.54) is 0 Å². The second-order valence-corrected chi connectivity index (χ2v) is 7.62. The van der Waals surface area contributed by atoms with Crippen LogP contribution in [0.25, 0.3) is 22.2 Å². The highest BCUT2D eigenvalue weighted by Crippen LogP contribution is 2.38. The number of pyridine rings is 1. The molecule has 7 heteroatoms. The Bertz CT molecular complexity index is 1170. The lowest BCUT2D eigenvalue weighted by atomic mass is 9.96. The minimum Gasteiger partial charge on any atom is -0.506 e. The maximum absolute atomic E-state index is 10.0. The molecule has 5 nitrogen and oxygen atoms in total. The largest absolute Gasteiger partial charge is 0.506 e. The van der Waals surface area contributed by atoms with E-state index in [9.17, 15) is 5.11 Å². The molecule has 1 atom stereocenters. The van der Waals surface area contributed by atoms with Crippen LogP contribution in [0.4, 0.5) is 0 Å². The van der Waals surface area contributed by atoms with Gasteiger partial charge in [-0.15, -0.1) is 0 Å². The van der Waals surface area contributed by atoms with Crippen LogP contribution in [-0.2, 0) is 0 Å². The van der Waals surface area contributed by atoms with Crippen LogP contribution in [0.3, 0.4) is 0 Å². The predicted molar refractivity (Wildman–Crippen MR) is 114 cm³/mol. The molecule has 0 fully saturated rings. The summed E-state index contributed by atoms with van der Waals surface area (Å²) in [7, 11) is 0. The summed E-state index contributed by atoms with van der Waals surface area (Å²) in [6.45, 7) is 4.18. The van der Waals surface area contributed by atoms with Crippen LogP contribution in [0.1, 0.15) is 31.9 Å². The molecule has 0 aliphatic carbocycles. The van der Waals surface area contributed by atoms with Crippen LogP contribution in [0.5, 0.6) is 17.4 Å². The number of aromatic hydroxyl groups is 1. The van der Waals surface area contributed by atoms with Gasteiger partial charge in [-0.05, 0) is 48.7 Å². The van der Waals surface area contributed by atoms with Gasteiger partial charge in [0, 0.05) is 22.7 Å². The zero-order valence-corrected chi connectivity index (χ0v) is 17.3. The second kappa shape index (κ2) is 7.93. The fourth-order valence-corrected chi connectivity index (χ4v) is 3.33. The molecular weight excluding hydrogens is 411 g/mol. The molecule has 0 aliphatic heterocycles. The average molecular weight is 429 g/mol. The molecule has 0 saturated carbocycles. The van der Waals surface area contributed by atoms with Crippen molar-refractivity contribution in [3.05, 3.63) is 64.3 Å². The summed E-state index contributed by atoms with van der Waals surface area (Å²) in [6.07, 6.45) is 0.886. The Morgan fingerprint density at radius 3 is 2.59 bits per heavy atom. The molecule has 29 heavy (non-hydrogen) atoms. The van der Waals surface area contributed by atoms with Gasteiger partial charge in [0.15, 0.2) is 5.58 Å². The average Bonchev–Trinajstić information content (AvgIpc) is 3.11. The number of nitrogens with zero attached hydrogens (tertiary/aromatic N) is 2. The van der Waals surface area contributed by atoms with Crippen LogP contribution in [0.2, 0.25) is 10.0 Å². The van der Waals surface area contributed by atoms with E-state index in [1.54, 1.807) is 42.5 Å². The maximum atomic E-state index is 10.0. The first-order valence-corrected chi connectivity index (χ1v) is 9.94. The molecule has 2 aromatic heterocycles. The van der Waals surface area contributed by atoms with E-state index in [2.05, 4.69) is 19.0 Å². The molecule has 0 radical (unpaired) electrons. The summed E-state index contributed by atoms with van der Waals surface area (Å²) in [5.41, 5.74) is 2.76. The van der Waals surface area contributed by atoms with Crippen LogP contribution in [0.15, 0.2) is 53.1 Å². The Balaban J connectivity index is 1.79. The SMILES string of the molecule is CCC(C)c1nc(Oc2ccc(Cl)cc2)ccc1-c1noc2cc(Cl)c(O)cc12. The highest BCUT2D eigenvalue weighted by molar-refractivity contribution is 6.32. The lowest BCUT2D eigenvalue weighted by Crippen LogP contribution is -2.01. The second-order valence-electron chi connectivity index (χ2n) is 6.78. The highest BCUT2D eigenvalue weighted by Gasteiger charge is 2.20. The van der Waals surface area contributed by atoms with Gasteiger partial charge in [-0.2, -0.15) is 0 Å². The van der Waals surface area contributed by atoms with Gasteiger partial charge < -0.3 is 14.4 Å². The molecule has 1 N–H and O–H groups in total. The molecular formula is C22H18Cl2N2O3. The lowest BCUT2D eigenvalue weighted by molar-refractivity contribution is 0.455. The minimum atomic E-state index is -0.0237. The first-order chi connectivity index (χ1) is 14.0. The van der Waals surface area contributed by atoms with Crippen molar-refractivity contribution >= 4 is 34.2 Å². The van der Waals surface area contributed by atoms with Gasteiger partial charge in [0.05, 0.1) is 16.1 Å². The van der Waals surface area contributed by atoms with Crippen molar-refractivity contribution in [1.29, 1.82) is 0 Å². The van der Waals surface area contributed by atoms with Crippen LogP contribution in [0, 0.1) is 0 Å². The zero-order valence-electron chi connectivity index (χ0n) is 15.8. The monoisotopic (exact) mass is 428 g/mol. The molecule has 0 amide bonds. The Morgan fingerprint density at radius 2 is 1.86 bits per heavy atom. The van der Waals surface area contributed by atoms with Crippen LogP contribution < -0.4 is 4.74 Å². The van der Waals surface area contributed by atoms with Gasteiger partial charge in [0.25, 0.3) is 0 Å². The summed E-state index contributed by atoms with van der Waals surface area (Å²) >= 11 is 11.9. The summed E-state index contributed by atoms with van der Waals surface area (Å²) in [6, 6.07) is 13.9. The number of fused-ring (bicyclic) bond motifs is 1. The van der Waals surface area contributed by atoms with Gasteiger partial charge >= 0.3 is 0 Å². The Hall–Kier alpha value is -2.76. The van der Waals surface area contributed by atoms with E-state index in [-0.39, 0.29) is 16.7 Å². The van der Waals surface area contributed by atoms with E-state index < -0.39 is 0 Å². The van der Waals surface area contributed by atoms with Crippen molar-refractivity contribution in [2.75, 3.05) is 0 Å². The summed E-state index contributed by atoms with van der Waals surface area (Å²) < 4.78 is 11.3. The van der Waals surface area contributed by atoms with E-state index >= 15 is 0 Å². The number of phenolic OH excluding ortho intramolecular Hbond substituents is 1. The summed E-state index contributed by atoms with van der Waals surface area (Å²) in [5.74, 6) is 1.26. The molecule has 4 rings (SSSR count). The number of benzene rings is 2. The highest BCUT2D eigenvalue weighted by atomic mass is 35.5. The number of aromatic nitrogens is 2. The normalized spacial score (nSPS) is 12.3. The molecule has 0 spiro atoms. The first-order valence-electron chi connectivity index (χ1n) is 9.19. The first kappa shape index (κ1) is 19.6. The lowest BCUT2D eigenvalue weighted by Gasteiger charge is -2.15. The minimum absolute atomic E-state index is 0.0237. The molecule has 2 heterocycles. The predicted octanol–water partition coefficient (Wildman–Crippen LogP) is 7.21. The third kappa shape index (κ3) is 3.88. The van der Waals surface area contributed by atoms with E-state index in [0.29, 0.717) is 33.3 Å². The fraction of sp³-hybridized carbons (Fsp3) is 0.182. The topological polar surface area (TPSA) is 68.4 Å². The van der Waals surface area contributed by atoms with Gasteiger partial charge in [0.2, 0.25) is 5.88 Å². The molecule has 2 aromatic carbocycles. The quantitative estimate of drug-likeness (QED) is 0.363. The Kier molecular flexibility index (Phi) is 5.35. The Labute approximate surface area is 177 Å². The van der Waals surface area contributed by atoms with Crippen molar-refractivity contribution in [3.63, 3.8) is 0 Å². The third-order valence-corrected chi connectivity index (χ3v) is 5.36. The molecule has 1 unspecified atom stereocenters. The zero-order chi connectivity index (χ0) is 20.5. The van der Waals surface area contributed by atoms with Crippen molar-refractivity contribution in [3.8, 4) is 28.6 Å². The number of halogens is 2. The third-order valence-electron chi connectivity index (χ3n) is 4.81. The molecule has 0 aliphatic rings. The number of phenols is 1. The van der Waals surface area contributed by atoms with Gasteiger partial charge in [0.1, 0.15) is 17.2 Å². The van der Waals surface area contributed by atoms with Crippen LogP contribution >= 0.6 is 23.2 Å². The van der Waals surface area contributed by atoms with Crippen molar-refractivity contribution in [1.82, 2.24) is 10.1 Å².